The van der Waals surface area contributed by atoms with Crippen molar-refractivity contribution in [2.45, 2.75) is 60.4 Å². The van der Waals surface area contributed by atoms with Crippen molar-refractivity contribution < 1.29 is 9.53 Å². The van der Waals surface area contributed by atoms with Gasteiger partial charge >= 0.3 is 5.97 Å². The molecule has 2 nitrogen and oxygen atoms in total. The number of ether oxygens (including phenoxy) is 1. The van der Waals surface area contributed by atoms with Crippen LogP contribution in [-0.4, -0.2) is 14.7 Å². The third-order valence-electron chi connectivity index (χ3n) is 2.46. The summed E-state index contributed by atoms with van der Waals surface area (Å²) in [4.78, 5) is 11.3. The molecule has 0 amide bonds. The van der Waals surface area contributed by atoms with Crippen LogP contribution in [0.3, 0.4) is 0 Å². The third-order valence-corrected chi connectivity index (χ3v) is 3.43. The third kappa shape index (κ3) is 11.7. The number of esters is 1. The van der Waals surface area contributed by atoms with E-state index in [2.05, 4.69) is 54.7 Å². The fourth-order valence-electron chi connectivity index (χ4n) is 1.48. The maximum absolute atomic E-state index is 11.3. The average Bonchev–Trinajstić information content (AvgIpc) is 2.25. The van der Waals surface area contributed by atoms with Crippen LogP contribution in [0.2, 0.25) is 0 Å². The summed E-state index contributed by atoms with van der Waals surface area (Å²) in [5.74, 6) is -0.333. The highest BCUT2D eigenvalue weighted by atomic mass is 80.0. The van der Waals surface area contributed by atoms with Gasteiger partial charge < -0.3 is 4.74 Å². The van der Waals surface area contributed by atoms with Gasteiger partial charge in [-0.2, -0.15) is 0 Å². The number of hydrogen-bond donors (Lipinski definition) is 0. The molecule has 0 radical (unpaired) electrons. The minimum absolute atomic E-state index is 0.333. The molecule has 0 atom stereocenters. The Morgan fingerprint density at radius 2 is 1.41 bits per heavy atom. The van der Waals surface area contributed by atoms with Gasteiger partial charge in [0.15, 0.2) is 0 Å². The van der Waals surface area contributed by atoms with Crippen molar-refractivity contribution >= 4 is 53.8 Å². The Hall–Kier alpha value is 0.910. The molecule has 0 N–H and O–H groups in total. The zero-order valence-electron chi connectivity index (χ0n) is 10.3. The van der Waals surface area contributed by atoms with Gasteiger partial charge in [-0.1, -0.05) is 51.9 Å². The maximum atomic E-state index is 11.3. The van der Waals surface area contributed by atoms with Crippen LogP contribution in [0.1, 0.15) is 58.3 Å². The lowest BCUT2D eigenvalue weighted by Crippen LogP contribution is -2.20. The molecule has 0 saturated heterocycles. The summed E-state index contributed by atoms with van der Waals surface area (Å²) in [6.45, 7) is 2.73. The van der Waals surface area contributed by atoms with E-state index < -0.39 is 2.14 Å². The van der Waals surface area contributed by atoms with Crippen molar-refractivity contribution in [2.24, 2.45) is 0 Å². The number of alkyl halides is 3. The smallest absolute Gasteiger partial charge is 0.344 e. The van der Waals surface area contributed by atoms with E-state index in [-0.39, 0.29) is 5.97 Å². The van der Waals surface area contributed by atoms with Crippen molar-refractivity contribution in [1.82, 2.24) is 0 Å². The highest BCUT2D eigenvalue weighted by molar-refractivity contribution is 9.40. The number of carbonyl (C=O) groups excluding carboxylic acids is 1. The number of halogens is 3. The van der Waals surface area contributed by atoms with Crippen LogP contribution >= 0.6 is 47.8 Å². The standard InChI is InChI=1S/C12H21Br3O2/c1-2-3-4-5-6-7-8-9-10-17-11(16)12(13,14)15/h2-10H2,1H3. The van der Waals surface area contributed by atoms with Crippen LogP contribution in [0.25, 0.3) is 0 Å². The van der Waals surface area contributed by atoms with Crippen molar-refractivity contribution in [3.05, 3.63) is 0 Å². The first kappa shape index (κ1) is 17.9. The van der Waals surface area contributed by atoms with Crippen LogP contribution in [0, 0.1) is 0 Å². The maximum Gasteiger partial charge on any atom is 0.344 e. The number of hydrogen-bond acceptors (Lipinski definition) is 2. The van der Waals surface area contributed by atoms with E-state index in [1.54, 1.807) is 0 Å². The molecule has 0 rings (SSSR count). The van der Waals surface area contributed by atoms with Crippen LogP contribution in [0.5, 0.6) is 0 Å². The molecule has 0 heterocycles. The van der Waals surface area contributed by atoms with E-state index in [0.29, 0.717) is 6.61 Å². The normalized spacial score (nSPS) is 11.5. The summed E-state index contributed by atoms with van der Waals surface area (Å²) in [6, 6.07) is 0. The van der Waals surface area contributed by atoms with Crippen LogP contribution in [-0.2, 0) is 9.53 Å². The fourth-order valence-corrected chi connectivity index (χ4v) is 1.83. The van der Waals surface area contributed by atoms with Gasteiger partial charge in [-0.3, -0.25) is 0 Å². The monoisotopic (exact) mass is 434 g/mol. The second kappa shape index (κ2) is 10.8. The molecule has 17 heavy (non-hydrogen) atoms. The molecule has 0 spiro atoms. The number of rotatable bonds is 9. The van der Waals surface area contributed by atoms with Crippen molar-refractivity contribution in [2.75, 3.05) is 6.61 Å². The molecule has 0 bridgehead atoms. The fraction of sp³-hybridized carbons (Fsp3) is 0.917. The number of carbonyl (C=O) groups is 1. The Bertz CT molecular complexity index is 202. The summed E-state index contributed by atoms with van der Waals surface area (Å²) < 4.78 is 4.15. The second-order valence-corrected chi connectivity index (χ2v) is 10.9. The first-order chi connectivity index (χ1) is 7.98. The van der Waals surface area contributed by atoms with Crippen molar-refractivity contribution in [3.8, 4) is 0 Å². The predicted octanol–water partition coefficient (Wildman–Crippen LogP) is 5.51. The van der Waals surface area contributed by atoms with Crippen LogP contribution in [0.15, 0.2) is 0 Å². The van der Waals surface area contributed by atoms with E-state index in [1.165, 1.54) is 38.5 Å². The summed E-state index contributed by atoms with van der Waals surface area (Å²) in [5.41, 5.74) is 0. The lowest BCUT2D eigenvalue weighted by molar-refractivity contribution is -0.141. The van der Waals surface area contributed by atoms with E-state index in [1.807, 2.05) is 0 Å². The molecule has 0 aliphatic heterocycles. The van der Waals surface area contributed by atoms with Crippen molar-refractivity contribution in [1.29, 1.82) is 0 Å². The molecule has 0 aromatic heterocycles. The summed E-state index contributed by atoms with van der Waals surface area (Å²) in [7, 11) is 0. The minimum Gasteiger partial charge on any atom is -0.463 e. The predicted molar refractivity (Wildman–Crippen MR) is 83.1 cm³/mol. The first-order valence-corrected chi connectivity index (χ1v) is 8.60. The zero-order chi connectivity index (χ0) is 13.1. The SMILES string of the molecule is CCCCCCCCCCOC(=O)C(Br)(Br)Br. The first-order valence-electron chi connectivity index (χ1n) is 6.22. The van der Waals surface area contributed by atoms with E-state index >= 15 is 0 Å². The lowest BCUT2D eigenvalue weighted by atomic mass is 10.1. The van der Waals surface area contributed by atoms with Crippen molar-refractivity contribution in [3.63, 3.8) is 0 Å². The molecule has 0 aromatic rings. The largest absolute Gasteiger partial charge is 0.463 e. The molecule has 0 fully saturated rings. The van der Waals surface area contributed by atoms with Gasteiger partial charge in [0.2, 0.25) is 2.14 Å². The van der Waals surface area contributed by atoms with Gasteiger partial charge in [0.1, 0.15) is 0 Å². The van der Waals surface area contributed by atoms with Gasteiger partial charge in [0.25, 0.3) is 0 Å². The topological polar surface area (TPSA) is 26.3 Å². The molecule has 0 aromatic carbocycles. The lowest BCUT2D eigenvalue weighted by Gasteiger charge is -2.11. The van der Waals surface area contributed by atoms with E-state index in [9.17, 15) is 4.79 Å². The Labute approximate surface area is 130 Å². The van der Waals surface area contributed by atoms with Gasteiger partial charge in [0, 0.05) is 0 Å². The molecule has 0 aliphatic rings. The Morgan fingerprint density at radius 3 is 1.88 bits per heavy atom. The van der Waals surface area contributed by atoms with Gasteiger partial charge in [-0.05, 0) is 54.2 Å². The average molecular weight is 437 g/mol. The van der Waals surface area contributed by atoms with Gasteiger partial charge in [-0.15, -0.1) is 0 Å². The summed E-state index contributed by atoms with van der Waals surface area (Å²) in [5, 5.41) is 0. The highest BCUT2D eigenvalue weighted by Gasteiger charge is 2.30. The van der Waals surface area contributed by atoms with E-state index in [4.69, 9.17) is 4.74 Å². The highest BCUT2D eigenvalue weighted by Crippen LogP contribution is 2.34. The molecule has 102 valence electrons. The molecular formula is C12H21Br3O2. The summed E-state index contributed by atoms with van der Waals surface area (Å²) in [6.07, 6.45) is 9.95. The molecule has 0 aliphatic carbocycles. The van der Waals surface area contributed by atoms with Gasteiger partial charge in [0.05, 0.1) is 6.61 Å². The quantitative estimate of drug-likeness (QED) is 0.270. The Kier molecular flexibility index (Phi) is 11.4. The second-order valence-electron chi connectivity index (χ2n) is 4.11. The molecule has 5 heteroatoms. The number of unbranched alkanes of at least 4 members (excludes halogenated alkanes) is 7. The Balaban J connectivity index is 3.22. The molecule has 0 saturated carbocycles. The molecular weight excluding hydrogens is 416 g/mol. The van der Waals surface area contributed by atoms with E-state index in [0.717, 1.165) is 12.8 Å². The molecule has 0 unspecified atom stereocenters. The van der Waals surface area contributed by atoms with Crippen LogP contribution < -0.4 is 0 Å². The zero-order valence-corrected chi connectivity index (χ0v) is 15.1. The minimum atomic E-state index is -0.923. The van der Waals surface area contributed by atoms with Crippen LogP contribution in [0.4, 0.5) is 0 Å². The Morgan fingerprint density at radius 1 is 0.941 bits per heavy atom. The summed E-state index contributed by atoms with van der Waals surface area (Å²) >= 11 is 9.36. The van der Waals surface area contributed by atoms with Gasteiger partial charge in [-0.25, -0.2) is 4.79 Å².